The van der Waals surface area contributed by atoms with Gasteiger partial charge in [0.1, 0.15) is 0 Å². The van der Waals surface area contributed by atoms with Crippen LogP contribution < -0.4 is 0 Å². The van der Waals surface area contributed by atoms with Crippen molar-refractivity contribution in [2.24, 2.45) is 0 Å². The molecule has 0 atom stereocenters. The molecule has 1 saturated carbocycles. The topological polar surface area (TPSA) is 0 Å². The minimum absolute atomic E-state index is 0.580. The molecule has 1 heteroatoms. The molecule has 2 rings (SSSR count). The Kier molecular flexibility index (Phi) is 2.33. The first-order valence-corrected chi connectivity index (χ1v) is 5.35. The highest BCUT2D eigenvalue weighted by molar-refractivity contribution is 6.30. The predicted octanol–water partition coefficient (Wildman–Crippen LogP) is 4.34. The Bertz CT molecular complexity index is 291. The summed E-state index contributed by atoms with van der Waals surface area (Å²) in [6.45, 7) is 4.42. The van der Waals surface area contributed by atoms with Crippen molar-refractivity contribution < 1.29 is 0 Å². The van der Waals surface area contributed by atoms with Gasteiger partial charge in [-0.15, -0.1) is 0 Å². The summed E-state index contributed by atoms with van der Waals surface area (Å²) in [4.78, 5) is 0. The first-order chi connectivity index (χ1) is 6.16. The summed E-state index contributed by atoms with van der Waals surface area (Å²) in [6.07, 6.45) is 2.69. The average Bonchev–Trinajstić information content (AvgIpc) is 2.85. The predicted molar refractivity (Wildman–Crippen MR) is 57.5 cm³/mol. The third kappa shape index (κ3) is 2.05. The molecule has 1 aliphatic carbocycles. The fourth-order valence-corrected chi connectivity index (χ4v) is 1.87. The van der Waals surface area contributed by atoms with Crippen LogP contribution in [0.4, 0.5) is 0 Å². The van der Waals surface area contributed by atoms with Crippen LogP contribution >= 0.6 is 11.6 Å². The van der Waals surface area contributed by atoms with Crippen LogP contribution in [0.1, 0.15) is 49.7 Å². The van der Waals surface area contributed by atoms with Gasteiger partial charge in [-0.1, -0.05) is 31.5 Å². The first kappa shape index (κ1) is 9.08. The van der Waals surface area contributed by atoms with Gasteiger partial charge in [-0.25, -0.2) is 0 Å². The molecule has 0 aromatic heterocycles. The van der Waals surface area contributed by atoms with Crippen LogP contribution in [0.25, 0.3) is 0 Å². The maximum atomic E-state index is 6.07. The Hall–Kier alpha value is -0.490. The molecule has 0 unspecified atom stereocenters. The number of benzene rings is 1. The molecule has 0 amide bonds. The second-order valence-electron chi connectivity index (χ2n) is 4.25. The van der Waals surface area contributed by atoms with Crippen molar-refractivity contribution in [3.8, 4) is 0 Å². The lowest BCUT2D eigenvalue weighted by Crippen LogP contribution is -1.89. The van der Waals surface area contributed by atoms with E-state index in [1.165, 1.54) is 24.0 Å². The molecule has 0 N–H and O–H groups in total. The van der Waals surface area contributed by atoms with Crippen LogP contribution in [0.3, 0.4) is 0 Å². The van der Waals surface area contributed by atoms with E-state index in [-0.39, 0.29) is 0 Å². The van der Waals surface area contributed by atoms with E-state index < -0.39 is 0 Å². The van der Waals surface area contributed by atoms with Crippen molar-refractivity contribution in [3.05, 3.63) is 34.3 Å². The summed E-state index contributed by atoms with van der Waals surface area (Å²) in [5, 5.41) is 0.896. The number of rotatable bonds is 2. The fourth-order valence-electron chi connectivity index (χ4n) is 1.62. The summed E-state index contributed by atoms with van der Waals surface area (Å²) < 4.78 is 0. The van der Waals surface area contributed by atoms with Crippen LogP contribution in [-0.4, -0.2) is 0 Å². The van der Waals surface area contributed by atoms with Gasteiger partial charge >= 0.3 is 0 Å². The molecular formula is C12H15Cl. The minimum Gasteiger partial charge on any atom is -0.0843 e. The standard InChI is InChI=1S/C12H15Cl/c1-8(2)10-5-11(9-3-4-9)7-12(13)6-10/h5-9H,3-4H2,1-2H3. The molecule has 0 spiro atoms. The smallest absolute Gasteiger partial charge is 0.0411 e. The van der Waals surface area contributed by atoms with Gasteiger partial charge in [-0.3, -0.25) is 0 Å². The minimum atomic E-state index is 0.580. The molecule has 0 heterocycles. The van der Waals surface area contributed by atoms with Crippen molar-refractivity contribution in [2.45, 2.75) is 38.5 Å². The monoisotopic (exact) mass is 194 g/mol. The van der Waals surface area contributed by atoms with Gasteiger partial charge in [-0.2, -0.15) is 0 Å². The summed E-state index contributed by atoms with van der Waals surface area (Å²) in [5.74, 6) is 1.38. The van der Waals surface area contributed by atoms with Crippen LogP contribution in [0.5, 0.6) is 0 Å². The third-order valence-corrected chi connectivity index (χ3v) is 2.88. The molecule has 13 heavy (non-hydrogen) atoms. The van der Waals surface area contributed by atoms with E-state index in [1.54, 1.807) is 0 Å². The lowest BCUT2D eigenvalue weighted by molar-refractivity contribution is 0.862. The Morgan fingerprint density at radius 3 is 2.46 bits per heavy atom. The van der Waals surface area contributed by atoms with Crippen molar-refractivity contribution >= 4 is 11.6 Å². The SMILES string of the molecule is CC(C)c1cc(Cl)cc(C2CC2)c1. The summed E-state index contributed by atoms with van der Waals surface area (Å²) >= 11 is 6.07. The average molecular weight is 195 g/mol. The third-order valence-electron chi connectivity index (χ3n) is 2.66. The largest absolute Gasteiger partial charge is 0.0843 e. The molecular weight excluding hydrogens is 180 g/mol. The number of halogens is 1. The zero-order chi connectivity index (χ0) is 9.42. The fraction of sp³-hybridized carbons (Fsp3) is 0.500. The zero-order valence-electron chi connectivity index (χ0n) is 8.18. The number of hydrogen-bond donors (Lipinski definition) is 0. The van der Waals surface area contributed by atoms with Crippen LogP contribution in [0.15, 0.2) is 18.2 Å². The Morgan fingerprint density at radius 2 is 1.92 bits per heavy atom. The molecule has 0 bridgehead atoms. The van der Waals surface area contributed by atoms with E-state index >= 15 is 0 Å². The van der Waals surface area contributed by atoms with Gasteiger partial charge in [0.2, 0.25) is 0 Å². The summed E-state index contributed by atoms with van der Waals surface area (Å²) in [5.41, 5.74) is 2.81. The molecule has 0 nitrogen and oxygen atoms in total. The quantitative estimate of drug-likeness (QED) is 0.657. The normalized spacial score (nSPS) is 16.6. The Morgan fingerprint density at radius 1 is 1.23 bits per heavy atom. The lowest BCUT2D eigenvalue weighted by Gasteiger charge is -2.08. The van der Waals surface area contributed by atoms with Gasteiger partial charge in [-0.05, 0) is 47.9 Å². The Labute approximate surface area is 84.9 Å². The summed E-state index contributed by atoms with van der Waals surface area (Å²) in [6, 6.07) is 6.51. The Balaban J connectivity index is 2.36. The van der Waals surface area contributed by atoms with Crippen molar-refractivity contribution in [1.29, 1.82) is 0 Å². The highest BCUT2D eigenvalue weighted by Crippen LogP contribution is 2.41. The van der Waals surface area contributed by atoms with Gasteiger partial charge in [0.05, 0.1) is 0 Å². The van der Waals surface area contributed by atoms with E-state index in [0.29, 0.717) is 5.92 Å². The van der Waals surface area contributed by atoms with E-state index in [1.807, 2.05) is 0 Å². The second kappa shape index (κ2) is 3.34. The van der Waals surface area contributed by atoms with Crippen LogP contribution in [0.2, 0.25) is 5.02 Å². The van der Waals surface area contributed by atoms with Crippen LogP contribution in [-0.2, 0) is 0 Å². The second-order valence-corrected chi connectivity index (χ2v) is 4.68. The van der Waals surface area contributed by atoms with Gasteiger partial charge in [0.25, 0.3) is 0 Å². The van der Waals surface area contributed by atoms with Crippen LogP contribution in [0, 0.1) is 0 Å². The zero-order valence-corrected chi connectivity index (χ0v) is 8.93. The molecule has 1 aromatic carbocycles. The highest BCUT2D eigenvalue weighted by atomic mass is 35.5. The first-order valence-electron chi connectivity index (χ1n) is 4.97. The van der Waals surface area contributed by atoms with Gasteiger partial charge < -0.3 is 0 Å². The summed E-state index contributed by atoms with van der Waals surface area (Å²) in [7, 11) is 0. The maximum absolute atomic E-state index is 6.07. The van der Waals surface area contributed by atoms with Gasteiger partial charge in [0.15, 0.2) is 0 Å². The van der Waals surface area contributed by atoms with Gasteiger partial charge in [0, 0.05) is 5.02 Å². The molecule has 1 aliphatic rings. The molecule has 1 aromatic rings. The van der Waals surface area contributed by atoms with Crippen molar-refractivity contribution in [1.82, 2.24) is 0 Å². The van der Waals surface area contributed by atoms with E-state index in [4.69, 9.17) is 11.6 Å². The van der Waals surface area contributed by atoms with Crippen molar-refractivity contribution in [2.75, 3.05) is 0 Å². The highest BCUT2D eigenvalue weighted by Gasteiger charge is 2.24. The molecule has 1 fully saturated rings. The lowest BCUT2D eigenvalue weighted by atomic mass is 9.99. The number of hydrogen-bond acceptors (Lipinski definition) is 0. The molecule has 0 aliphatic heterocycles. The van der Waals surface area contributed by atoms with E-state index in [0.717, 1.165) is 10.9 Å². The molecule has 0 radical (unpaired) electrons. The van der Waals surface area contributed by atoms with Crippen molar-refractivity contribution in [3.63, 3.8) is 0 Å². The molecule has 70 valence electrons. The maximum Gasteiger partial charge on any atom is 0.0411 e. The molecule has 0 saturated heterocycles. The van der Waals surface area contributed by atoms with E-state index in [9.17, 15) is 0 Å². The van der Waals surface area contributed by atoms with E-state index in [2.05, 4.69) is 32.0 Å².